The number of aliphatic hydroxyl groups excluding tert-OH is 2. The van der Waals surface area contributed by atoms with Gasteiger partial charge < -0.3 is 40.5 Å². The molecule has 1 aromatic carbocycles. The molecule has 3 aliphatic rings. The van der Waals surface area contributed by atoms with Crippen LogP contribution in [0.1, 0.15) is 34.1 Å². The molecule has 12 nitrogen and oxygen atoms in total. The van der Waals surface area contributed by atoms with Crippen LogP contribution in [0.2, 0.25) is 0 Å². The topological polar surface area (TPSA) is 192 Å². The minimum atomic E-state index is -2.70. The molecule has 0 aliphatic carbocycles. The number of nitrogens with one attached hydrogen (secondary N) is 2. The smallest absolute Gasteiger partial charge is 0.338 e. The molecule has 1 aromatic rings. The van der Waals surface area contributed by atoms with Gasteiger partial charge in [-0.25, -0.2) is 4.79 Å². The van der Waals surface area contributed by atoms with Crippen LogP contribution in [0.5, 0.6) is 0 Å². The van der Waals surface area contributed by atoms with Crippen molar-refractivity contribution in [1.29, 1.82) is 0 Å². The van der Waals surface area contributed by atoms with E-state index >= 15 is 0 Å². The van der Waals surface area contributed by atoms with Crippen molar-refractivity contribution in [1.82, 2.24) is 10.6 Å². The van der Waals surface area contributed by atoms with Crippen molar-refractivity contribution in [2.75, 3.05) is 13.2 Å². The number of piperazine rings is 1. The molecule has 5 atom stereocenters. The van der Waals surface area contributed by atoms with Gasteiger partial charge in [0.2, 0.25) is 0 Å². The fraction of sp³-hybridized carbons (Fsp3) is 0.474. The first-order valence-corrected chi connectivity index (χ1v) is 9.29. The molecule has 3 aliphatic heterocycles. The van der Waals surface area contributed by atoms with Crippen molar-refractivity contribution >= 4 is 24.1 Å². The minimum absolute atomic E-state index is 0.0255. The lowest BCUT2D eigenvalue weighted by Gasteiger charge is -2.50. The monoisotopic (exact) mass is 438 g/mol. The van der Waals surface area contributed by atoms with E-state index in [4.69, 9.17) is 9.47 Å². The van der Waals surface area contributed by atoms with Gasteiger partial charge >= 0.3 is 5.97 Å². The summed E-state index contributed by atoms with van der Waals surface area (Å²) in [6, 6.07) is 5.50. The fourth-order valence-electron chi connectivity index (χ4n) is 3.38. The van der Waals surface area contributed by atoms with E-state index in [1.807, 2.05) is 10.6 Å². The highest BCUT2D eigenvalue weighted by molar-refractivity contribution is 6.02. The number of benzene rings is 1. The zero-order chi connectivity index (χ0) is 23.0. The minimum Gasteiger partial charge on any atom is -0.453 e. The number of esters is 1. The first-order valence-electron chi connectivity index (χ1n) is 9.29. The summed E-state index contributed by atoms with van der Waals surface area (Å²) in [5.41, 5.74) is -7.26. The molecule has 0 aromatic heterocycles. The Kier molecular flexibility index (Phi) is 5.86. The highest BCUT2D eigenvalue weighted by Gasteiger charge is 2.65. The maximum absolute atomic E-state index is 12.7. The lowest BCUT2D eigenvalue weighted by atomic mass is 9.85. The van der Waals surface area contributed by atoms with Crippen LogP contribution in [0.25, 0.3) is 0 Å². The third kappa shape index (κ3) is 3.79. The van der Waals surface area contributed by atoms with E-state index in [0.29, 0.717) is 6.29 Å². The van der Waals surface area contributed by atoms with E-state index in [0.717, 1.165) is 6.92 Å². The van der Waals surface area contributed by atoms with Crippen molar-refractivity contribution < 1.29 is 49.1 Å². The van der Waals surface area contributed by atoms with Gasteiger partial charge in [-0.2, -0.15) is 0 Å². The van der Waals surface area contributed by atoms with Crippen LogP contribution in [-0.2, 0) is 19.1 Å². The van der Waals surface area contributed by atoms with Gasteiger partial charge in [0.05, 0.1) is 18.8 Å². The molecule has 6 N–H and O–H groups in total. The molecule has 168 valence electrons. The van der Waals surface area contributed by atoms with E-state index in [1.54, 1.807) is 0 Å². The molecular formula is C19H22N2O10. The normalized spacial score (nSPS) is 30.8. The van der Waals surface area contributed by atoms with Gasteiger partial charge in [0.1, 0.15) is 18.0 Å². The summed E-state index contributed by atoms with van der Waals surface area (Å²) in [6.07, 6.45) is -3.45. The first kappa shape index (κ1) is 22.8. The second-order valence-electron chi connectivity index (χ2n) is 7.60. The summed E-state index contributed by atoms with van der Waals surface area (Å²) in [4.78, 5) is 48.8. The third-order valence-electron chi connectivity index (χ3n) is 5.26. The third-order valence-corrected chi connectivity index (χ3v) is 5.26. The van der Waals surface area contributed by atoms with E-state index < -0.39 is 53.6 Å². The number of carbonyl (C=O) groups excluding carboxylic acids is 4. The van der Waals surface area contributed by atoms with Gasteiger partial charge in [-0.15, -0.1) is 0 Å². The summed E-state index contributed by atoms with van der Waals surface area (Å²) < 4.78 is 10.6. The van der Waals surface area contributed by atoms with Crippen LogP contribution >= 0.6 is 0 Å². The number of carbonyl (C=O) groups is 4. The predicted molar refractivity (Wildman–Crippen MR) is 99.3 cm³/mol. The van der Waals surface area contributed by atoms with Gasteiger partial charge in [-0.05, 0) is 19.1 Å². The van der Waals surface area contributed by atoms with Crippen molar-refractivity contribution in [3.63, 3.8) is 0 Å². The molecule has 3 heterocycles. The standard InChI is InChI=1S/C19H22N2O10/c1-17(28,9-23)14(25)19-16(27)20-18(29,15(26)21-19)12(5-6-30-19)31-13(24)11-4-2-3-10(7-11)8-22/h2-4,7-8,12,14,23,25,28-29H,5-6,9H2,1H3,(H,20,27)(H,21,26)/t12?,14-,17-,18+,19-/m0/s1. The van der Waals surface area contributed by atoms with Gasteiger partial charge in [-0.1, -0.05) is 12.1 Å². The quantitative estimate of drug-likeness (QED) is 0.199. The number of aliphatic hydroxyl groups is 4. The molecule has 1 unspecified atom stereocenters. The van der Waals surface area contributed by atoms with E-state index in [2.05, 4.69) is 0 Å². The van der Waals surface area contributed by atoms with Crippen molar-refractivity contribution in [3.8, 4) is 0 Å². The maximum Gasteiger partial charge on any atom is 0.338 e. The van der Waals surface area contributed by atoms with Crippen LogP contribution in [0.3, 0.4) is 0 Å². The molecule has 12 heteroatoms. The summed E-state index contributed by atoms with van der Waals surface area (Å²) >= 11 is 0. The Morgan fingerprint density at radius 1 is 1.39 bits per heavy atom. The SMILES string of the molecule is C[C@](O)(CO)[C@H](O)[C@@]12NC(=O)[C@@](O)(NC1=O)C(OC(=O)c1cccc(C=O)c1)CCO2. The Balaban J connectivity index is 1.88. The summed E-state index contributed by atoms with van der Waals surface area (Å²) in [5, 5.41) is 44.8. The molecule has 0 radical (unpaired) electrons. The Bertz CT molecular complexity index is 919. The summed E-state index contributed by atoms with van der Waals surface area (Å²) in [5.74, 6) is -3.46. The van der Waals surface area contributed by atoms with Gasteiger partial charge in [0.15, 0.2) is 6.10 Å². The maximum atomic E-state index is 12.7. The van der Waals surface area contributed by atoms with Crippen LogP contribution < -0.4 is 10.6 Å². The summed E-state index contributed by atoms with van der Waals surface area (Å²) in [7, 11) is 0. The number of amides is 2. The Hall–Kier alpha value is -2.90. The van der Waals surface area contributed by atoms with Crippen LogP contribution in [0.15, 0.2) is 24.3 Å². The number of fused-ring (bicyclic) bond motifs is 5. The molecule has 3 fully saturated rings. The molecule has 31 heavy (non-hydrogen) atoms. The number of ether oxygens (including phenoxy) is 2. The highest BCUT2D eigenvalue weighted by atomic mass is 16.6. The average Bonchev–Trinajstić information content (AvgIpc) is 2.74. The molecule has 0 saturated carbocycles. The van der Waals surface area contributed by atoms with Crippen molar-refractivity contribution in [2.45, 2.75) is 42.6 Å². The second-order valence-corrected chi connectivity index (χ2v) is 7.60. The van der Waals surface area contributed by atoms with Crippen LogP contribution in [-0.4, -0.2) is 87.0 Å². The lowest BCUT2D eigenvalue weighted by molar-refractivity contribution is -0.245. The Labute approximate surface area is 175 Å². The van der Waals surface area contributed by atoms with Gasteiger partial charge in [0, 0.05) is 12.0 Å². The van der Waals surface area contributed by atoms with Crippen molar-refractivity contribution in [3.05, 3.63) is 35.4 Å². The molecule has 4 rings (SSSR count). The largest absolute Gasteiger partial charge is 0.453 e. The Morgan fingerprint density at radius 2 is 2.10 bits per heavy atom. The van der Waals surface area contributed by atoms with Crippen LogP contribution in [0, 0.1) is 0 Å². The van der Waals surface area contributed by atoms with Crippen molar-refractivity contribution in [2.24, 2.45) is 0 Å². The Morgan fingerprint density at radius 3 is 2.74 bits per heavy atom. The zero-order valence-corrected chi connectivity index (χ0v) is 16.4. The number of hydrogen-bond acceptors (Lipinski definition) is 10. The molecule has 0 spiro atoms. The highest BCUT2D eigenvalue weighted by Crippen LogP contribution is 2.32. The van der Waals surface area contributed by atoms with E-state index in [-0.39, 0.29) is 24.2 Å². The molecule has 2 amide bonds. The molecule has 2 bridgehead atoms. The average molecular weight is 438 g/mol. The number of rotatable bonds is 6. The molecular weight excluding hydrogens is 416 g/mol. The fourth-order valence-corrected chi connectivity index (χ4v) is 3.38. The van der Waals surface area contributed by atoms with Gasteiger partial charge in [-0.3, -0.25) is 14.4 Å². The predicted octanol–water partition coefficient (Wildman–Crippen LogP) is -2.82. The number of hydrogen-bond donors (Lipinski definition) is 6. The lowest BCUT2D eigenvalue weighted by Crippen LogP contribution is -2.84. The molecule has 3 saturated heterocycles. The zero-order valence-electron chi connectivity index (χ0n) is 16.4. The van der Waals surface area contributed by atoms with Crippen LogP contribution in [0.4, 0.5) is 0 Å². The van der Waals surface area contributed by atoms with Gasteiger partial charge in [0.25, 0.3) is 23.3 Å². The summed E-state index contributed by atoms with van der Waals surface area (Å²) in [6.45, 7) is -0.333. The first-order chi connectivity index (χ1) is 14.5. The van der Waals surface area contributed by atoms with E-state index in [1.165, 1.54) is 24.3 Å². The van der Waals surface area contributed by atoms with E-state index in [9.17, 15) is 39.6 Å². The second kappa shape index (κ2) is 7.98. The number of aldehydes is 1.